The van der Waals surface area contributed by atoms with Crippen molar-refractivity contribution in [1.82, 2.24) is 15.6 Å². The number of nitrogens with one attached hydrogen (secondary N) is 2. The minimum Gasteiger partial charge on any atom is -0.370 e. The molecular formula is C10H19N7S2. The molecule has 9 heteroatoms. The molecule has 0 aliphatic heterocycles. The number of aromatic nitrogens is 1. The minimum absolute atomic E-state index is 0.0291. The van der Waals surface area contributed by atoms with E-state index in [0.717, 1.165) is 17.4 Å². The maximum Gasteiger partial charge on any atom is 0.212 e. The second kappa shape index (κ2) is 7.85. The largest absolute Gasteiger partial charge is 0.370 e. The molecule has 0 spiro atoms. The smallest absolute Gasteiger partial charge is 0.212 e. The molecule has 0 fully saturated rings. The number of guanidine groups is 2. The molecule has 106 valence electrons. The fourth-order valence-corrected chi connectivity index (χ4v) is 2.79. The Kier molecular flexibility index (Phi) is 6.43. The summed E-state index contributed by atoms with van der Waals surface area (Å²) in [7, 11) is 3.56. The van der Waals surface area contributed by atoms with Gasteiger partial charge in [0.15, 0.2) is 11.9 Å². The quantitative estimate of drug-likeness (QED) is 0.356. The van der Waals surface area contributed by atoms with Gasteiger partial charge in [-0.25, -0.2) is 4.98 Å². The van der Waals surface area contributed by atoms with Crippen molar-refractivity contribution in [2.24, 2.45) is 21.5 Å². The van der Waals surface area contributed by atoms with Gasteiger partial charge in [0, 0.05) is 25.2 Å². The van der Waals surface area contributed by atoms with Crippen LogP contribution >= 0.6 is 23.1 Å². The molecule has 1 aromatic rings. The predicted molar refractivity (Wildman–Crippen MR) is 83.9 cm³/mol. The van der Waals surface area contributed by atoms with E-state index in [-0.39, 0.29) is 11.3 Å². The van der Waals surface area contributed by atoms with Crippen molar-refractivity contribution < 1.29 is 0 Å². The van der Waals surface area contributed by atoms with Crippen LogP contribution in [-0.2, 0) is 5.75 Å². The maximum absolute atomic E-state index is 5.30. The van der Waals surface area contributed by atoms with Gasteiger partial charge in [0.2, 0.25) is 5.13 Å². The molecule has 1 heterocycles. The SMILES string of the molecule is C/N=C(/NC)NC(C)SCc1csc(N=C(N)N)n1. The van der Waals surface area contributed by atoms with E-state index in [0.29, 0.717) is 5.13 Å². The van der Waals surface area contributed by atoms with Gasteiger partial charge in [0.25, 0.3) is 0 Å². The normalized spacial score (nSPS) is 12.9. The van der Waals surface area contributed by atoms with Gasteiger partial charge in [0.1, 0.15) is 0 Å². The van der Waals surface area contributed by atoms with Crippen LogP contribution in [-0.4, -0.2) is 36.4 Å². The van der Waals surface area contributed by atoms with E-state index >= 15 is 0 Å². The molecule has 0 saturated carbocycles. The van der Waals surface area contributed by atoms with Crippen LogP contribution in [0.4, 0.5) is 5.13 Å². The number of thiazole rings is 1. The van der Waals surface area contributed by atoms with E-state index in [9.17, 15) is 0 Å². The van der Waals surface area contributed by atoms with Crippen LogP contribution in [0.15, 0.2) is 15.4 Å². The van der Waals surface area contributed by atoms with Crippen molar-refractivity contribution >= 4 is 40.1 Å². The van der Waals surface area contributed by atoms with Crippen molar-refractivity contribution in [2.75, 3.05) is 14.1 Å². The fourth-order valence-electron chi connectivity index (χ4n) is 1.22. The summed E-state index contributed by atoms with van der Waals surface area (Å²) >= 11 is 3.15. The summed E-state index contributed by atoms with van der Waals surface area (Å²) < 4.78 is 0. The first-order valence-electron chi connectivity index (χ1n) is 5.62. The van der Waals surface area contributed by atoms with E-state index < -0.39 is 0 Å². The lowest BCUT2D eigenvalue weighted by atomic mass is 10.6. The summed E-state index contributed by atoms with van der Waals surface area (Å²) in [5, 5.41) is 8.97. The first kappa shape index (κ1) is 15.6. The third kappa shape index (κ3) is 5.79. The van der Waals surface area contributed by atoms with Gasteiger partial charge in [-0.1, -0.05) is 0 Å². The molecule has 19 heavy (non-hydrogen) atoms. The van der Waals surface area contributed by atoms with Crippen molar-refractivity contribution in [1.29, 1.82) is 0 Å². The van der Waals surface area contributed by atoms with Gasteiger partial charge in [0.05, 0.1) is 11.1 Å². The van der Waals surface area contributed by atoms with Crippen molar-refractivity contribution in [3.05, 3.63) is 11.1 Å². The van der Waals surface area contributed by atoms with E-state index in [1.54, 1.807) is 18.8 Å². The third-order valence-electron chi connectivity index (χ3n) is 2.05. The molecule has 1 rings (SSSR count). The van der Waals surface area contributed by atoms with Gasteiger partial charge < -0.3 is 22.1 Å². The molecule has 0 aliphatic carbocycles. The van der Waals surface area contributed by atoms with Crippen molar-refractivity contribution in [3.8, 4) is 0 Å². The topological polar surface area (TPSA) is 114 Å². The molecule has 0 radical (unpaired) electrons. The molecule has 1 aromatic heterocycles. The van der Waals surface area contributed by atoms with Gasteiger partial charge in [-0.15, -0.1) is 23.1 Å². The fraction of sp³-hybridized carbons (Fsp3) is 0.500. The summed E-state index contributed by atoms with van der Waals surface area (Å²) in [6, 6.07) is 0. The van der Waals surface area contributed by atoms with Gasteiger partial charge in [-0.05, 0) is 6.92 Å². The van der Waals surface area contributed by atoms with Gasteiger partial charge in [-0.2, -0.15) is 4.99 Å². The number of aliphatic imine (C=N–C) groups is 2. The van der Waals surface area contributed by atoms with Gasteiger partial charge >= 0.3 is 0 Å². The number of hydrogen-bond acceptors (Lipinski definition) is 5. The Morgan fingerprint density at radius 3 is 2.89 bits per heavy atom. The van der Waals surface area contributed by atoms with Crippen LogP contribution < -0.4 is 22.1 Å². The Labute approximate surface area is 121 Å². The Bertz CT molecular complexity index is 450. The van der Waals surface area contributed by atoms with Crippen LogP contribution in [0, 0.1) is 0 Å². The average molecular weight is 301 g/mol. The number of hydrogen-bond donors (Lipinski definition) is 4. The number of nitrogens with two attached hydrogens (primary N) is 2. The highest BCUT2D eigenvalue weighted by molar-refractivity contribution is 7.99. The standard InChI is InChI=1S/C10H19N7S2/c1-6(15-9(13-2)14-3)18-4-7-5-19-10(16-7)17-8(11)12/h5-6H,4H2,1-3H3,(H2,13,14,15)(H4,11,12,16,17). The van der Waals surface area contributed by atoms with E-state index in [2.05, 4.69) is 32.5 Å². The molecule has 0 amide bonds. The van der Waals surface area contributed by atoms with Crippen LogP contribution in [0.25, 0.3) is 0 Å². The first-order valence-corrected chi connectivity index (χ1v) is 7.54. The molecule has 0 saturated heterocycles. The number of rotatable bonds is 5. The summed E-state index contributed by atoms with van der Waals surface area (Å²) in [6.45, 7) is 2.07. The van der Waals surface area contributed by atoms with E-state index in [1.807, 2.05) is 12.4 Å². The highest BCUT2D eigenvalue weighted by atomic mass is 32.2. The van der Waals surface area contributed by atoms with Gasteiger partial charge in [-0.3, -0.25) is 4.99 Å². The molecule has 1 atom stereocenters. The Morgan fingerprint density at radius 2 is 2.32 bits per heavy atom. The van der Waals surface area contributed by atoms with Crippen molar-refractivity contribution in [3.63, 3.8) is 0 Å². The van der Waals surface area contributed by atoms with Crippen LogP contribution in [0.5, 0.6) is 0 Å². The third-order valence-corrected chi connectivity index (χ3v) is 3.91. The molecular weight excluding hydrogens is 282 g/mol. The Balaban J connectivity index is 2.44. The number of nitrogens with zero attached hydrogens (tertiary/aromatic N) is 3. The van der Waals surface area contributed by atoms with E-state index in [4.69, 9.17) is 11.5 Å². The molecule has 0 aliphatic rings. The second-order valence-corrected chi connectivity index (χ2v) is 5.74. The lowest BCUT2D eigenvalue weighted by Crippen LogP contribution is -2.38. The second-order valence-electron chi connectivity index (χ2n) is 3.58. The zero-order chi connectivity index (χ0) is 14.3. The highest BCUT2D eigenvalue weighted by Gasteiger charge is 2.07. The summed E-state index contributed by atoms with van der Waals surface area (Å²) in [5.74, 6) is 1.58. The zero-order valence-corrected chi connectivity index (χ0v) is 12.8. The molecule has 1 unspecified atom stereocenters. The molecule has 0 bridgehead atoms. The highest BCUT2D eigenvalue weighted by Crippen LogP contribution is 2.22. The lowest BCUT2D eigenvalue weighted by Gasteiger charge is -2.15. The average Bonchev–Trinajstić information content (AvgIpc) is 2.80. The molecule has 6 N–H and O–H groups in total. The Hall–Kier alpha value is -1.48. The van der Waals surface area contributed by atoms with Crippen LogP contribution in [0.3, 0.4) is 0 Å². The molecule has 0 aromatic carbocycles. The predicted octanol–water partition coefficient (Wildman–Crippen LogP) is 0.422. The molecule has 7 nitrogen and oxygen atoms in total. The number of thioether (sulfide) groups is 1. The lowest BCUT2D eigenvalue weighted by molar-refractivity contribution is 0.853. The van der Waals surface area contributed by atoms with Crippen LogP contribution in [0.1, 0.15) is 12.6 Å². The summed E-state index contributed by atoms with van der Waals surface area (Å²) in [6.07, 6.45) is 0. The van der Waals surface area contributed by atoms with Crippen LogP contribution in [0.2, 0.25) is 0 Å². The summed E-state index contributed by atoms with van der Waals surface area (Å²) in [5.41, 5.74) is 11.6. The summed E-state index contributed by atoms with van der Waals surface area (Å²) in [4.78, 5) is 12.3. The monoisotopic (exact) mass is 301 g/mol. The van der Waals surface area contributed by atoms with E-state index in [1.165, 1.54) is 11.3 Å². The Morgan fingerprint density at radius 1 is 1.58 bits per heavy atom. The maximum atomic E-state index is 5.30. The first-order chi connectivity index (χ1) is 9.05. The zero-order valence-electron chi connectivity index (χ0n) is 11.2. The minimum atomic E-state index is 0.0291. The van der Waals surface area contributed by atoms with Crippen molar-refractivity contribution in [2.45, 2.75) is 18.1 Å².